The van der Waals surface area contributed by atoms with Gasteiger partial charge in [0.05, 0.1) is 28.6 Å². The smallest absolute Gasteiger partial charge is 0.301 e. The Kier molecular flexibility index (Phi) is 4.69. The van der Waals surface area contributed by atoms with Crippen LogP contribution in [0.2, 0.25) is 0 Å². The summed E-state index contributed by atoms with van der Waals surface area (Å²) in [6, 6.07) is 15.9. The van der Waals surface area contributed by atoms with Gasteiger partial charge < -0.3 is 4.57 Å². The van der Waals surface area contributed by atoms with Crippen LogP contribution in [-0.2, 0) is 12.5 Å². The fraction of sp³-hybridized carbons (Fsp3) is 0.174. The molecule has 5 nitrogen and oxygen atoms in total. The van der Waals surface area contributed by atoms with Gasteiger partial charge in [-0.1, -0.05) is 12.1 Å². The van der Waals surface area contributed by atoms with Gasteiger partial charge in [0.1, 0.15) is 0 Å². The van der Waals surface area contributed by atoms with Gasteiger partial charge in [-0.2, -0.15) is 16.6 Å². The first-order chi connectivity index (χ1) is 13.9. The van der Waals surface area contributed by atoms with Crippen molar-refractivity contribution < 1.29 is 0 Å². The molecule has 0 N–H and O–H groups in total. The van der Waals surface area contributed by atoms with Crippen molar-refractivity contribution in [2.24, 2.45) is 7.05 Å². The summed E-state index contributed by atoms with van der Waals surface area (Å²) >= 11 is 1.65. The Labute approximate surface area is 173 Å². The number of thiophene rings is 1. The third-order valence-electron chi connectivity index (χ3n) is 5.05. The summed E-state index contributed by atoms with van der Waals surface area (Å²) in [4.78, 5) is 17.4. The first-order valence-electron chi connectivity index (χ1n) is 9.20. The van der Waals surface area contributed by atoms with Gasteiger partial charge in [0.2, 0.25) is 0 Å². The van der Waals surface area contributed by atoms with Crippen molar-refractivity contribution in [2.75, 3.05) is 0 Å². The summed E-state index contributed by atoms with van der Waals surface area (Å²) in [5, 5.41) is 13.5. The summed E-state index contributed by atoms with van der Waals surface area (Å²) in [5.41, 5.74) is 4.57. The van der Waals surface area contributed by atoms with Crippen LogP contribution in [0.25, 0.3) is 28.2 Å². The molecule has 0 atom stereocenters. The number of aryl methyl sites for hydroxylation is 1. The zero-order valence-corrected chi connectivity index (χ0v) is 17.3. The van der Waals surface area contributed by atoms with Gasteiger partial charge in [0.15, 0.2) is 0 Å². The second kappa shape index (κ2) is 7.19. The molecule has 0 radical (unpaired) electrons. The molecule has 0 unspecified atom stereocenters. The minimum absolute atomic E-state index is 0.143. The number of rotatable bonds is 4. The number of nitriles is 1. The lowest BCUT2D eigenvalue weighted by atomic mass is 9.86. The maximum absolute atomic E-state index is 12.9. The van der Waals surface area contributed by atoms with E-state index in [2.05, 4.69) is 22.5 Å². The largest absolute Gasteiger partial charge is 0.333 e. The fourth-order valence-corrected chi connectivity index (χ4v) is 3.92. The number of imidazole rings is 1. The highest BCUT2D eigenvalue weighted by Gasteiger charge is 2.20. The third kappa shape index (κ3) is 3.41. The van der Waals surface area contributed by atoms with E-state index in [1.807, 2.05) is 55.6 Å². The highest BCUT2D eigenvalue weighted by Crippen LogP contribution is 2.28. The molecule has 144 valence electrons. The van der Waals surface area contributed by atoms with Crippen molar-refractivity contribution >= 4 is 11.3 Å². The van der Waals surface area contributed by atoms with Crippen LogP contribution >= 0.6 is 11.3 Å². The van der Waals surface area contributed by atoms with E-state index in [1.54, 1.807) is 39.9 Å². The minimum atomic E-state index is -0.584. The molecule has 0 bridgehead atoms. The number of hydrogen-bond donors (Lipinski definition) is 0. The van der Waals surface area contributed by atoms with E-state index >= 15 is 0 Å². The Morgan fingerprint density at radius 3 is 2.52 bits per heavy atom. The normalized spacial score (nSPS) is 11.4. The Morgan fingerprint density at radius 2 is 1.86 bits per heavy atom. The average Bonchev–Trinajstić information content (AvgIpc) is 3.37. The zero-order valence-electron chi connectivity index (χ0n) is 16.5. The topological polar surface area (TPSA) is 63.6 Å². The number of benzene rings is 1. The highest BCUT2D eigenvalue weighted by molar-refractivity contribution is 7.08. The van der Waals surface area contributed by atoms with Gasteiger partial charge in [-0.15, -0.1) is 0 Å². The lowest BCUT2D eigenvalue weighted by molar-refractivity contribution is 0.686. The molecule has 29 heavy (non-hydrogen) atoms. The van der Waals surface area contributed by atoms with Crippen LogP contribution < -0.4 is 5.69 Å². The van der Waals surface area contributed by atoms with Gasteiger partial charge >= 0.3 is 5.69 Å². The fourth-order valence-electron chi connectivity index (χ4n) is 3.26. The van der Waals surface area contributed by atoms with Crippen molar-refractivity contribution in [3.05, 3.63) is 81.7 Å². The van der Waals surface area contributed by atoms with E-state index in [0.717, 1.165) is 33.8 Å². The number of nitrogens with zero attached hydrogens (tertiary/aromatic N) is 4. The van der Waals surface area contributed by atoms with Gasteiger partial charge in [-0.25, -0.2) is 4.79 Å². The lowest BCUT2D eigenvalue weighted by Crippen LogP contribution is -2.21. The first kappa shape index (κ1) is 18.9. The van der Waals surface area contributed by atoms with E-state index in [1.165, 1.54) is 0 Å². The number of aromatic nitrogens is 3. The van der Waals surface area contributed by atoms with Crippen molar-refractivity contribution in [3.8, 4) is 34.3 Å². The predicted molar refractivity (Wildman–Crippen MR) is 116 cm³/mol. The molecule has 4 aromatic rings. The maximum Gasteiger partial charge on any atom is 0.333 e. The molecule has 0 aliphatic rings. The van der Waals surface area contributed by atoms with E-state index in [4.69, 9.17) is 0 Å². The Balaban J connectivity index is 1.83. The molecule has 0 aliphatic heterocycles. The number of hydrogen-bond acceptors (Lipinski definition) is 4. The molecule has 0 aliphatic carbocycles. The highest BCUT2D eigenvalue weighted by atomic mass is 32.1. The lowest BCUT2D eigenvalue weighted by Gasteiger charge is -2.16. The molecule has 4 rings (SSSR count). The minimum Gasteiger partial charge on any atom is -0.301 e. The summed E-state index contributed by atoms with van der Waals surface area (Å²) in [6.07, 6.45) is 3.57. The monoisotopic (exact) mass is 400 g/mol. The van der Waals surface area contributed by atoms with Crippen molar-refractivity contribution in [1.29, 1.82) is 5.26 Å². The quantitative estimate of drug-likeness (QED) is 0.496. The molecule has 0 fully saturated rings. The molecule has 0 spiro atoms. The number of pyridine rings is 1. The van der Waals surface area contributed by atoms with E-state index < -0.39 is 5.41 Å². The Hall–Kier alpha value is -3.43. The van der Waals surface area contributed by atoms with Crippen molar-refractivity contribution in [2.45, 2.75) is 19.3 Å². The Morgan fingerprint density at radius 1 is 1.10 bits per heavy atom. The van der Waals surface area contributed by atoms with Crippen LogP contribution in [-0.4, -0.2) is 14.1 Å². The second-order valence-corrected chi connectivity index (χ2v) is 8.25. The average molecular weight is 401 g/mol. The van der Waals surface area contributed by atoms with Gasteiger partial charge in [0.25, 0.3) is 0 Å². The summed E-state index contributed by atoms with van der Waals surface area (Å²) in [6.45, 7) is 3.75. The van der Waals surface area contributed by atoms with Crippen LogP contribution in [0, 0.1) is 11.3 Å². The van der Waals surface area contributed by atoms with Gasteiger partial charge in [-0.3, -0.25) is 9.55 Å². The second-order valence-electron chi connectivity index (χ2n) is 7.47. The van der Waals surface area contributed by atoms with Crippen LogP contribution in [0.5, 0.6) is 0 Å². The van der Waals surface area contributed by atoms with Crippen LogP contribution in [0.3, 0.4) is 0 Å². The van der Waals surface area contributed by atoms with Crippen molar-refractivity contribution in [3.63, 3.8) is 0 Å². The summed E-state index contributed by atoms with van der Waals surface area (Å²) < 4.78 is 3.21. The molecule has 3 aromatic heterocycles. The van der Waals surface area contributed by atoms with Crippen LogP contribution in [0.15, 0.2) is 70.4 Å². The first-order valence-corrected chi connectivity index (χ1v) is 10.1. The van der Waals surface area contributed by atoms with Crippen LogP contribution in [0.4, 0.5) is 0 Å². The molecule has 0 saturated heterocycles. The third-order valence-corrected chi connectivity index (χ3v) is 5.74. The molecule has 0 amide bonds. The van der Waals surface area contributed by atoms with E-state index in [-0.39, 0.29) is 5.69 Å². The predicted octanol–water partition coefficient (Wildman–Crippen LogP) is 4.77. The maximum atomic E-state index is 12.9. The van der Waals surface area contributed by atoms with Gasteiger partial charge in [0, 0.05) is 19.4 Å². The molecule has 1 aromatic carbocycles. The van der Waals surface area contributed by atoms with E-state index in [9.17, 15) is 10.1 Å². The molecular weight excluding hydrogens is 380 g/mol. The SMILES string of the molecule is Cn1cc(-c2cc(-c3ccsc3)ccn2)n(-c2ccc(C(C)(C)C#N)cc2)c1=O. The molecule has 6 heteroatoms. The standard InChI is InChI=1S/C23H20N4OS/c1-23(2,15-24)18-4-6-19(7-5-18)27-21(13-26(3)22(27)28)20-12-16(8-10-25-20)17-9-11-29-14-17/h4-14H,1-3H3. The molecule has 0 saturated carbocycles. The van der Waals surface area contributed by atoms with Crippen molar-refractivity contribution in [1.82, 2.24) is 14.1 Å². The van der Waals surface area contributed by atoms with Crippen LogP contribution in [0.1, 0.15) is 19.4 Å². The Bertz CT molecular complexity index is 1260. The zero-order chi connectivity index (χ0) is 20.6. The molecular formula is C23H20N4OS. The molecule has 3 heterocycles. The summed E-state index contributed by atoms with van der Waals surface area (Å²) in [7, 11) is 1.73. The van der Waals surface area contributed by atoms with E-state index in [0.29, 0.717) is 0 Å². The summed E-state index contributed by atoms with van der Waals surface area (Å²) in [5.74, 6) is 0. The van der Waals surface area contributed by atoms with Gasteiger partial charge in [-0.05, 0) is 71.6 Å².